The highest BCUT2D eigenvalue weighted by Gasteiger charge is 2.20. The largest absolute Gasteiger partial charge is 0.369 e. The van der Waals surface area contributed by atoms with Crippen molar-refractivity contribution in [3.05, 3.63) is 58.6 Å². The molecule has 1 atom stereocenters. The highest BCUT2D eigenvalue weighted by molar-refractivity contribution is 9.10. The molecular formula is C13H11BrFN3O. The maximum absolute atomic E-state index is 13.7. The molecule has 0 aliphatic carbocycles. The summed E-state index contributed by atoms with van der Waals surface area (Å²) in [5, 5.41) is 2.87. The van der Waals surface area contributed by atoms with E-state index in [2.05, 4.69) is 26.2 Å². The maximum Gasteiger partial charge on any atom is 0.244 e. The molecule has 2 rings (SSSR count). The third-order valence-corrected chi connectivity index (χ3v) is 2.95. The average molecular weight is 324 g/mol. The predicted octanol–water partition coefficient (Wildman–Crippen LogP) is 2.62. The number of anilines is 1. The van der Waals surface area contributed by atoms with Crippen LogP contribution in [-0.2, 0) is 4.79 Å². The van der Waals surface area contributed by atoms with Crippen LogP contribution in [0.5, 0.6) is 0 Å². The van der Waals surface area contributed by atoms with Gasteiger partial charge in [-0.2, -0.15) is 0 Å². The fourth-order valence-corrected chi connectivity index (χ4v) is 2.03. The highest BCUT2D eigenvalue weighted by Crippen LogP contribution is 2.23. The van der Waals surface area contributed by atoms with E-state index in [1.807, 2.05) is 0 Å². The average Bonchev–Trinajstić information content (AvgIpc) is 2.37. The van der Waals surface area contributed by atoms with Gasteiger partial charge in [-0.05, 0) is 28.1 Å². The first-order valence-corrected chi connectivity index (χ1v) is 6.28. The molecule has 1 amide bonds. The molecule has 0 bridgehead atoms. The lowest BCUT2D eigenvalue weighted by Crippen LogP contribution is -2.28. The Labute approximate surface area is 118 Å². The zero-order valence-electron chi connectivity index (χ0n) is 9.81. The van der Waals surface area contributed by atoms with Gasteiger partial charge in [0.25, 0.3) is 0 Å². The molecule has 0 saturated carbocycles. The number of nitrogens with one attached hydrogen (secondary N) is 1. The summed E-state index contributed by atoms with van der Waals surface area (Å²) >= 11 is 3.27. The van der Waals surface area contributed by atoms with Crippen molar-refractivity contribution in [3.63, 3.8) is 0 Å². The number of aromatic nitrogens is 1. The minimum Gasteiger partial charge on any atom is -0.369 e. The van der Waals surface area contributed by atoms with Crippen molar-refractivity contribution >= 4 is 27.5 Å². The molecule has 0 aliphatic heterocycles. The Hall–Kier alpha value is -1.95. The molecule has 98 valence electrons. The summed E-state index contributed by atoms with van der Waals surface area (Å²) in [6, 6.07) is 6.78. The third-order valence-electron chi connectivity index (χ3n) is 2.52. The van der Waals surface area contributed by atoms with Crippen LogP contribution in [0.15, 0.2) is 47.2 Å². The molecule has 0 radical (unpaired) electrons. The van der Waals surface area contributed by atoms with E-state index >= 15 is 0 Å². The second-order valence-electron chi connectivity index (χ2n) is 3.89. The fourth-order valence-electron chi connectivity index (χ4n) is 1.67. The Kier molecular flexibility index (Phi) is 4.11. The van der Waals surface area contributed by atoms with E-state index in [9.17, 15) is 9.18 Å². The molecule has 0 fully saturated rings. The van der Waals surface area contributed by atoms with Crippen LogP contribution in [0.3, 0.4) is 0 Å². The summed E-state index contributed by atoms with van der Waals surface area (Å²) in [4.78, 5) is 15.5. The Balaban J connectivity index is 2.32. The van der Waals surface area contributed by atoms with Crippen LogP contribution >= 0.6 is 15.9 Å². The lowest BCUT2D eigenvalue weighted by Gasteiger charge is -2.17. The second-order valence-corrected chi connectivity index (χ2v) is 4.81. The van der Waals surface area contributed by atoms with Gasteiger partial charge in [0, 0.05) is 16.2 Å². The summed E-state index contributed by atoms with van der Waals surface area (Å²) < 4.78 is 14.5. The van der Waals surface area contributed by atoms with E-state index in [1.165, 1.54) is 18.3 Å². The molecule has 0 spiro atoms. The Bertz CT molecular complexity index is 606. The van der Waals surface area contributed by atoms with Crippen LogP contribution in [-0.4, -0.2) is 10.9 Å². The minimum absolute atomic E-state index is 0.204. The number of benzene rings is 1. The molecule has 0 saturated heterocycles. The second kappa shape index (κ2) is 5.79. The molecule has 4 nitrogen and oxygen atoms in total. The number of hydrogen-bond donors (Lipinski definition) is 2. The monoisotopic (exact) mass is 323 g/mol. The topological polar surface area (TPSA) is 68.0 Å². The molecule has 1 unspecified atom stereocenters. The van der Waals surface area contributed by atoms with Crippen molar-refractivity contribution in [3.8, 4) is 0 Å². The van der Waals surface area contributed by atoms with Gasteiger partial charge < -0.3 is 11.1 Å². The van der Waals surface area contributed by atoms with Gasteiger partial charge in [0.15, 0.2) is 0 Å². The van der Waals surface area contributed by atoms with E-state index in [0.717, 1.165) is 4.47 Å². The Morgan fingerprint density at radius 2 is 2.11 bits per heavy atom. The highest BCUT2D eigenvalue weighted by atomic mass is 79.9. The molecule has 6 heteroatoms. The lowest BCUT2D eigenvalue weighted by atomic mass is 10.1. The van der Waals surface area contributed by atoms with Gasteiger partial charge in [0.05, 0.1) is 11.9 Å². The van der Waals surface area contributed by atoms with Crippen molar-refractivity contribution in [2.24, 2.45) is 5.73 Å². The summed E-state index contributed by atoms with van der Waals surface area (Å²) in [6.07, 6.45) is 3.13. The van der Waals surface area contributed by atoms with Crippen molar-refractivity contribution in [2.75, 3.05) is 5.32 Å². The summed E-state index contributed by atoms with van der Waals surface area (Å²) in [5.41, 5.74) is 6.10. The molecule has 1 heterocycles. The smallest absolute Gasteiger partial charge is 0.244 e. The number of amides is 1. The molecular weight excluding hydrogens is 313 g/mol. The van der Waals surface area contributed by atoms with Gasteiger partial charge in [-0.25, -0.2) is 4.39 Å². The number of carbonyl (C=O) groups is 1. The summed E-state index contributed by atoms with van der Waals surface area (Å²) in [5.74, 6) is -1.15. The van der Waals surface area contributed by atoms with Crippen molar-refractivity contribution in [1.82, 2.24) is 4.98 Å². The number of primary amides is 1. The van der Waals surface area contributed by atoms with Gasteiger partial charge in [0.1, 0.15) is 11.9 Å². The quantitative estimate of drug-likeness (QED) is 0.908. The number of nitrogens with two attached hydrogens (primary N) is 1. The van der Waals surface area contributed by atoms with Crippen LogP contribution in [0.1, 0.15) is 11.6 Å². The van der Waals surface area contributed by atoms with Crippen LogP contribution in [0.4, 0.5) is 10.1 Å². The number of rotatable bonds is 4. The Morgan fingerprint density at radius 3 is 2.74 bits per heavy atom. The van der Waals surface area contributed by atoms with Crippen molar-refractivity contribution in [2.45, 2.75) is 6.04 Å². The van der Waals surface area contributed by atoms with E-state index in [0.29, 0.717) is 5.69 Å². The standard InChI is InChI=1S/C13H11BrFN3O/c14-8-5-9(7-17-6-8)18-12(13(16)19)10-3-1-2-4-11(10)15/h1-7,12,18H,(H2,16,19). The molecule has 1 aromatic heterocycles. The number of hydrogen-bond acceptors (Lipinski definition) is 3. The van der Waals surface area contributed by atoms with Gasteiger partial charge in [-0.15, -0.1) is 0 Å². The summed E-state index contributed by atoms with van der Waals surface area (Å²) in [6.45, 7) is 0. The van der Waals surface area contributed by atoms with Crippen LogP contribution in [0.2, 0.25) is 0 Å². The summed E-state index contributed by atoms with van der Waals surface area (Å²) in [7, 11) is 0. The fraction of sp³-hybridized carbons (Fsp3) is 0.0769. The molecule has 2 aromatic rings. The molecule has 0 aliphatic rings. The SMILES string of the molecule is NC(=O)C(Nc1cncc(Br)c1)c1ccccc1F. The molecule has 19 heavy (non-hydrogen) atoms. The lowest BCUT2D eigenvalue weighted by molar-refractivity contribution is -0.118. The van der Waals surface area contributed by atoms with Crippen LogP contribution in [0, 0.1) is 5.82 Å². The van der Waals surface area contributed by atoms with Crippen LogP contribution in [0.25, 0.3) is 0 Å². The zero-order chi connectivity index (χ0) is 13.8. The number of halogens is 2. The van der Waals surface area contributed by atoms with E-state index in [4.69, 9.17) is 5.73 Å². The van der Waals surface area contributed by atoms with E-state index in [1.54, 1.807) is 24.4 Å². The Morgan fingerprint density at radius 1 is 1.37 bits per heavy atom. The molecule has 1 aromatic carbocycles. The first kappa shape index (κ1) is 13.5. The minimum atomic E-state index is -0.947. The third kappa shape index (κ3) is 3.29. The first-order chi connectivity index (χ1) is 9.08. The predicted molar refractivity (Wildman–Crippen MR) is 73.9 cm³/mol. The zero-order valence-corrected chi connectivity index (χ0v) is 11.4. The van der Waals surface area contributed by atoms with Gasteiger partial charge in [-0.3, -0.25) is 9.78 Å². The van der Waals surface area contributed by atoms with E-state index in [-0.39, 0.29) is 5.56 Å². The van der Waals surface area contributed by atoms with Gasteiger partial charge in [0.2, 0.25) is 5.91 Å². The van der Waals surface area contributed by atoms with Crippen molar-refractivity contribution in [1.29, 1.82) is 0 Å². The number of pyridine rings is 1. The number of nitrogens with zero attached hydrogens (tertiary/aromatic N) is 1. The maximum atomic E-state index is 13.7. The van der Waals surface area contributed by atoms with E-state index < -0.39 is 17.8 Å². The normalized spacial score (nSPS) is 11.9. The first-order valence-electron chi connectivity index (χ1n) is 5.49. The van der Waals surface area contributed by atoms with Gasteiger partial charge >= 0.3 is 0 Å². The van der Waals surface area contributed by atoms with Crippen LogP contribution < -0.4 is 11.1 Å². The van der Waals surface area contributed by atoms with Gasteiger partial charge in [-0.1, -0.05) is 18.2 Å². The molecule has 3 N–H and O–H groups in total. The number of carbonyl (C=O) groups excluding carboxylic acids is 1. The van der Waals surface area contributed by atoms with Crippen molar-refractivity contribution < 1.29 is 9.18 Å².